The topological polar surface area (TPSA) is 107 Å². The van der Waals surface area contributed by atoms with Gasteiger partial charge in [0, 0.05) is 13.1 Å². The van der Waals surface area contributed by atoms with E-state index in [-0.39, 0.29) is 5.91 Å². The monoisotopic (exact) mass is 160 g/mol. The van der Waals surface area contributed by atoms with Crippen molar-refractivity contribution in [2.75, 3.05) is 19.6 Å². The number of nitrogens with two attached hydrogens (primary N) is 3. The molecule has 0 bridgehead atoms. The first-order chi connectivity index (χ1) is 5.22. The molecule has 0 radical (unpaired) electrons. The zero-order valence-electron chi connectivity index (χ0n) is 6.55. The molecule has 1 amide bonds. The lowest BCUT2D eigenvalue weighted by molar-refractivity contribution is -0.122. The number of rotatable bonds is 5. The molecule has 0 saturated carbocycles. The van der Waals surface area contributed by atoms with Crippen LogP contribution in [0.2, 0.25) is 0 Å². The van der Waals surface area contributed by atoms with Crippen LogP contribution in [0.1, 0.15) is 6.42 Å². The molecular formula is C6H16N4O. The van der Waals surface area contributed by atoms with Crippen LogP contribution in [0.3, 0.4) is 0 Å². The fourth-order valence-corrected chi connectivity index (χ4v) is 0.637. The third kappa shape index (κ3) is 4.72. The van der Waals surface area contributed by atoms with E-state index in [1.54, 1.807) is 0 Å². The van der Waals surface area contributed by atoms with Gasteiger partial charge in [0.05, 0.1) is 6.04 Å². The van der Waals surface area contributed by atoms with Gasteiger partial charge in [-0.1, -0.05) is 0 Å². The van der Waals surface area contributed by atoms with Crippen LogP contribution in [0, 0.1) is 0 Å². The Labute approximate surface area is 66.3 Å². The second kappa shape index (κ2) is 6.09. The van der Waals surface area contributed by atoms with Gasteiger partial charge in [-0.2, -0.15) is 0 Å². The third-order valence-corrected chi connectivity index (χ3v) is 1.26. The van der Waals surface area contributed by atoms with Crippen LogP contribution in [0.15, 0.2) is 0 Å². The predicted molar refractivity (Wildman–Crippen MR) is 43.7 cm³/mol. The minimum atomic E-state index is -0.494. The van der Waals surface area contributed by atoms with E-state index in [4.69, 9.17) is 17.2 Å². The molecule has 0 aliphatic rings. The lowest BCUT2D eigenvalue weighted by Crippen LogP contribution is -2.43. The Morgan fingerprint density at radius 3 is 2.45 bits per heavy atom. The van der Waals surface area contributed by atoms with Crippen molar-refractivity contribution in [1.82, 2.24) is 5.32 Å². The molecule has 0 saturated heterocycles. The normalized spacial score (nSPS) is 12.6. The summed E-state index contributed by atoms with van der Waals surface area (Å²) in [5, 5.41) is 2.57. The summed E-state index contributed by atoms with van der Waals surface area (Å²) in [6.07, 6.45) is 0.510. The summed E-state index contributed by atoms with van der Waals surface area (Å²) in [7, 11) is 0. The quantitative estimate of drug-likeness (QED) is 0.364. The van der Waals surface area contributed by atoms with Crippen LogP contribution in [0.4, 0.5) is 0 Å². The van der Waals surface area contributed by atoms with E-state index >= 15 is 0 Å². The number of amides is 1. The highest BCUT2D eigenvalue weighted by Gasteiger charge is 2.10. The van der Waals surface area contributed by atoms with Crippen molar-refractivity contribution in [2.24, 2.45) is 17.2 Å². The molecule has 0 fully saturated rings. The largest absolute Gasteiger partial charge is 0.353 e. The minimum Gasteiger partial charge on any atom is -0.353 e. The molecule has 0 spiro atoms. The Bertz CT molecular complexity index is 117. The van der Waals surface area contributed by atoms with Crippen molar-refractivity contribution >= 4 is 5.91 Å². The zero-order valence-corrected chi connectivity index (χ0v) is 6.55. The van der Waals surface area contributed by atoms with Crippen molar-refractivity contribution < 1.29 is 4.79 Å². The lowest BCUT2D eigenvalue weighted by atomic mass is 10.2. The van der Waals surface area contributed by atoms with Gasteiger partial charge in [-0.05, 0) is 13.0 Å². The van der Waals surface area contributed by atoms with E-state index in [1.807, 2.05) is 0 Å². The van der Waals surface area contributed by atoms with Crippen LogP contribution in [-0.2, 0) is 4.79 Å². The zero-order chi connectivity index (χ0) is 8.69. The number of nitrogens with one attached hydrogen (secondary N) is 1. The van der Waals surface area contributed by atoms with Gasteiger partial charge in [0.1, 0.15) is 0 Å². The molecule has 5 heteroatoms. The Kier molecular flexibility index (Phi) is 5.73. The van der Waals surface area contributed by atoms with Crippen molar-refractivity contribution in [3.05, 3.63) is 0 Å². The summed E-state index contributed by atoms with van der Waals surface area (Å²) in [5.74, 6) is -0.180. The van der Waals surface area contributed by atoms with Crippen LogP contribution < -0.4 is 22.5 Å². The van der Waals surface area contributed by atoms with Crippen LogP contribution in [-0.4, -0.2) is 31.6 Å². The molecule has 0 aliphatic heterocycles. The van der Waals surface area contributed by atoms with E-state index in [1.165, 1.54) is 0 Å². The molecule has 11 heavy (non-hydrogen) atoms. The third-order valence-electron chi connectivity index (χ3n) is 1.26. The summed E-state index contributed by atoms with van der Waals surface area (Å²) in [5.41, 5.74) is 15.8. The van der Waals surface area contributed by atoms with Gasteiger partial charge in [0.2, 0.25) is 5.91 Å². The van der Waals surface area contributed by atoms with E-state index in [0.29, 0.717) is 26.1 Å². The molecule has 66 valence electrons. The number of carbonyl (C=O) groups is 1. The van der Waals surface area contributed by atoms with E-state index < -0.39 is 6.04 Å². The molecular weight excluding hydrogens is 144 g/mol. The summed E-state index contributed by atoms with van der Waals surface area (Å²) < 4.78 is 0. The highest BCUT2D eigenvalue weighted by Crippen LogP contribution is 1.83. The van der Waals surface area contributed by atoms with Crippen LogP contribution in [0.5, 0.6) is 0 Å². The molecule has 5 nitrogen and oxygen atoms in total. The Morgan fingerprint density at radius 2 is 2.00 bits per heavy atom. The summed E-state index contributed by atoms with van der Waals surface area (Å²) in [6.45, 7) is 1.33. The fourth-order valence-electron chi connectivity index (χ4n) is 0.637. The molecule has 0 aromatic rings. The summed E-state index contributed by atoms with van der Waals surface area (Å²) in [6, 6.07) is -0.494. The summed E-state index contributed by atoms with van der Waals surface area (Å²) in [4.78, 5) is 10.9. The Morgan fingerprint density at radius 1 is 1.36 bits per heavy atom. The van der Waals surface area contributed by atoms with Crippen molar-refractivity contribution in [3.63, 3.8) is 0 Å². The maximum absolute atomic E-state index is 10.9. The van der Waals surface area contributed by atoms with Gasteiger partial charge in [-0.15, -0.1) is 0 Å². The lowest BCUT2D eigenvalue weighted by Gasteiger charge is -2.09. The second-order valence-electron chi connectivity index (χ2n) is 2.26. The van der Waals surface area contributed by atoms with Gasteiger partial charge in [-0.3, -0.25) is 4.79 Å². The molecule has 1 atom stereocenters. The van der Waals surface area contributed by atoms with Crippen molar-refractivity contribution in [1.29, 1.82) is 0 Å². The van der Waals surface area contributed by atoms with Gasteiger partial charge < -0.3 is 22.5 Å². The average Bonchev–Trinajstić information content (AvgIpc) is 2.00. The van der Waals surface area contributed by atoms with Gasteiger partial charge >= 0.3 is 0 Å². The minimum absolute atomic E-state index is 0.180. The standard InChI is InChI=1S/C6H16N4O/c7-2-1-5(9)6(11)10-4-3-8/h5H,1-4,7-9H2,(H,10,11)/t5-/m0/s1. The summed E-state index contributed by atoms with van der Waals surface area (Å²) >= 11 is 0. The number of hydrogen-bond donors (Lipinski definition) is 4. The van der Waals surface area contributed by atoms with Crippen LogP contribution in [0.25, 0.3) is 0 Å². The van der Waals surface area contributed by atoms with Gasteiger partial charge in [0.25, 0.3) is 0 Å². The number of carbonyl (C=O) groups excluding carboxylic acids is 1. The van der Waals surface area contributed by atoms with E-state index in [9.17, 15) is 4.79 Å². The first-order valence-corrected chi connectivity index (χ1v) is 3.65. The first-order valence-electron chi connectivity index (χ1n) is 3.65. The molecule has 0 heterocycles. The fraction of sp³-hybridized carbons (Fsp3) is 0.833. The van der Waals surface area contributed by atoms with Crippen molar-refractivity contribution in [3.8, 4) is 0 Å². The van der Waals surface area contributed by atoms with E-state index in [2.05, 4.69) is 5.32 Å². The SMILES string of the molecule is NCCNC(=O)[C@@H](N)CCN. The van der Waals surface area contributed by atoms with E-state index in [0.717, 1.165) is 0 Å². The first kappa shape index (κ1) is 10.3. The molecule has 0 aromatic carbocycles. The molecule has 0 aliphatic carbocycles. The molecule has 7 N–H and O–H groups in total. The predicted octanol–water partition coefficient (Wildman–Crippen LogP) is -2.26. The maximum Gasteiger partial charge on any atom is 0.237 e. The van der Waals surface area contributed by atoms with Gasteiger partial charge in [0.15, 0.2) is 0 Å². The van der Waals surface area contributed by atoms with Gasteiger partial charge in [-0.25, -0.2) is 0 Å². The Balaban J connectivity index is 3.47. The molecule has 0 rings (SSSR count). The van der Waals surface area contributed by atoms with Crippen LogP contribution >= 0.6 is 0 Å². The maximum atomic E-state index is 10.9. The highest BCUT2D eigenvalue weighted by atomic mass is 16.2. The molecule has 0 unspecified atom stereocenters. The Hall–Kier alpha value is -0.650. The smallest absolute Gasteiger partial charge is 0.237 e. The molecule has 0 aromatic heterocycles. The number of hydrogen-bond acceptors (Lipinski definition) is 4. The average molecular weight is 160 g/mol. The highest BCUT2D eigenvalue weighted by molar-refractivity contribution is 5.81. The second-order valence-corrected chi connectivity index (χ2v) is 2.26. The van der Waals surface area contributed by atoms with Crippen molar-refractivity contribution in [2.45, 2.75) is 12.5 Å².